The van der Waals surface area contributed by atoms with E-state index in [4.69, 9.17) is 9.47 Å². The normalized spacial score (nSPS) is 22.3. The van der Waals surface area contributed by atoms with E-state index in [0.717, 1.165) is 5.75 Å². The molecule has 2 fully saturated rings. The van der Waals surface area contributed by atoms with Crippen molar-refractivity contribution in [2.24, 2.45) is 7.05 Å². The van der Waals surface area contributed by atoms with Crippen molar-refractivity contribution in [2.75, 3.05) is 32.8 Å². The molecule has 1 aromatic heterocycles. The number of likely N-dealkylation sites (tertiary alicyclic amines) is 1. The number of para-hydroxylation sites is 1. The van der Waals surface area contributed by atoms with Gasteiger partial charge in [-0.2, -0.15) is 5.10 Å². The maximum absolute atomic E-state index is 13.2. The van der Waals surface area contributed by atoms with Gasteiger partial charge >= 0.3 is 0 Å². The molecule has 3 heterocycles. The number of aryl methyl sites for hydroxylation is 1. The van der Waals surface area contributed by atoms with Crippen LogP contribution < -0.4 is 4.74 Å². The van der Waals surface area contributed by atoms with Crippen molar-refractivity contribution in [3.8, 4) is 5.75 Å². The number of benzene rings is 1. The third-order valence-electron chi connectivity index (χ3n) is 5.22. The minimum atomic E-state index is -0.547. The number of carbonyl (C=O) groups is 2. The molecule has 4 rings (SSSR count). The summed E-state index contributed by atoms with van der Waals surface area (Å²) in [5.41, 5.74) is 0.458. The van der Waals surface area contributed by atoms with Crippen molar-refractivity contribution < 1.29 is 19.1 Å². The summed E-state index contributed by atoms with van der Waals surface area (Å²) < 4.78 is 12.9. The number of carbonyl (C=O) groups excluding carboxylic acids is 2. The van der Waals surface area contributed by atoms with Gasteiger partial charge in [0.2, 0.25) is 5.91 Å². The number of rotatable bonds is 4. The Hall–Kier alpha value is -2.87. The molecule has 0 unspecified atom stereocenters. The van der Waals surface area contributed by atoms with Gasteiger partial charge in [-0.1, -0.05) is 18.2 Å². The van der Waals surface area contributed by atoms with E-state index in [0.29, 0.717) is 45.0 Å². The third-order valence-corrected chi connectivity index (χ3v) is 5.22. The summed E-state index contributed by atoms with van der Waals surface area (Å²) in [5, 5.41) is 4.08. The highest BCUT2D eigenvalue weighted by Crippen LogP contribution is 2.26. The number of hydrogen-bond donors (Lipinski definition) is 0. The van der Waals surface area contributed by atoms with Gasteiger partial charge in [-0.05, 0) is 18.2 Å². The molecule has 2 aliphatic rings. The Bertz CT molecular complexity index is 832. The van der Waals surface area contributed by atoms with Crippen molar-refractivity contribution in [1.29, 1.82) is 0 Å². The van der Waals surface area contributed by atoms with Gasteiger partial charge < -0.3 is 19.3 Å². The van der Waals surface area contributed by atoms with Gasteiger partial charge in [0, 0.05) is 32.8 Å². The van der Waals surface area contributed by atoms with Crippen LogP contribution in [0, 0.1) is 0 Å². The Morgan fingerprint density at radius 1 is 1.14 bits per heavy atom. The van der Waals surface area contributed by atoms with Crippen LogP contribution in [0.3, 0.4) is 0 Å². The Kier molecular flexibility index (Phi) is 5.29. The monoisotopic (exact) mass is 384 g/mol. The van der Waals surface area contributed by atoms with E-state index in [1.807, 2.05) is 30.3 Å². The third kappa shape index (κ3) is 3.73. The molecule has 2 aromatic rings. The zero-order valence-corrected chi connectivity index (χ0v) is 15.9. The molecule has 2 aliphatic heterocycles. The van der Waals surface area contributed by atoms with E-state index in [2.05, 4.69) is 5.10 Å². The van der Waals surface area contributed by atoms with Crippen LogP contribution in [-0.4, -0.2) is 76.4 Å². The zero-order valence-electron chi connectivity index (χ0n) is 15.9. The average molecular weight is 384 g/mol. The van der Waals surface area contributed by atoms with Crippen LogP contribution in [0.15, 0.2) is 42.6 Å². The maximum atomic E-state index is 13.2. The standard InChI is InChI=1S/C20H24N4O4/c1-22-17(7-8-21-22)20(26)24-14-16(28-15-5-3-2-4-6-15)13-18(24)19(25)23-9-11-27-12-10-23/h2-8,16,18H,9-14H2,1H3/t16-,18-/m0/s1. The van der Waals surface area contributed by atoms with Crippen LogP contribution in [0.2, 0.25) is 0 Å². The first-order valence-corrected chi connectivity index (χ1v) is 9.50. The first-order chi connectivity index (χ1) is 13.6. The second-order valence-corrected chi connectivity index (χ2v) is 7.04. The molecule has 2 saturated heterocycles. The molecule has 0 N–H and O–H groups in total. The lowest BCUT2D eigenvalue weighted by Crippen LogP contribution is -2.51. The fourth-order valence-corrected chi connectivity index (χ4v) is 3.76. The predicted molar refractivity (Wildman–Crippen MR) is 101 cm³/mol. The predicted octanol–water partition coefficient (Wildman–Crippen LogP) is 0.941. The smallest absolute Gasteiger partial charge is 0.272 e. The van der Waals surface area contributed by atoms with Gasteiger partial charge in [-0.15, -0.1) is 0 Å². The zero-order chi connectivity index (χ0) is 19.5. The molecule has 1 aromatic carbocycles. The fraction of sp³-hybridized carbons (Fsp3) is 0.450. The van der Waals surface area contributed by atoms with E-state index in [-0.39, 0.29) is 17.9 Å². The molecule has 0 saturated carbocycles. The summed E-state index contributed by atoms with van der Waals surface area (Å²) in [6.07, 6.45) is 1.81. The summed E-state index contributed by atoms with van der Waals surface area (Å²) in [6, 6.07) is 10.6. The van der Waals surface area contributed by atoms with E-state index in [1.54, 1.807) is 29.1 Å². The van der Waals surface area contributed by atoms with Crippen molar-refractivity contribution in [3.05, 3.63) is 48.3 Å². The quantitative estimate of drug-likeness (QED) is 0.784. The van der Waals surface area contributed by atoms with Crippen molar-refractivity contribution in [1.82, 2.24) is 19.6 Å². The Morgan fingerprint density at radius 2 is 1.89 bits per heavy atom. The summed E-state index contributed by atoms with van der Waals surface area (Å²) in [5.74, 6) is 0.489. The number of ether oxygens (including phenoxy) is 2. The topological polar surface area (TPSA) is 76.9 Å². The van der Waals surface area contributed by atoms with Crippen molar-refractivity contribution in [3.63, 3.8) is 0 Å². The minimum Gasteiger partial charge on any atom is -0.488 e. The van der Waals surface area contributed by atoms with Crippen LogP contribution in [0.1, 0.15) is 16.9 Å². The van der Waals surface area contributed by atoms with Gasteiger partial charge in [-0.25, -0.2) is 0 Å². The highest BCUT2D eigenvalue weighted by atomic mass is 16.5. The molecule has 28 heavy (non-hydrogen) atoms. The Labute approximate surface area is 163 Å². The SMILES string of the molecule is Cn1nccc1C(=O)N1C[C@@H](Oc2ccccc2)C[C@H]1C(=O)N1CCOCC1. The molecule has 0 aliphatic carbocycles. The number of morpholine rings is 1. The van der Waals surface area contributed by atoms with Gasteiger partial charge in [-0.3, -0.25) is 14.3 Å². The van der Waals surface area contributed by atoms with Crippen LogP contribution in [-0.2, 0) is 16.6 Å². The molecule has 8 heteroatoms. The summed E-state index contributed by atoms with van der Waals surface area (Å²) in [4.78, 5) is 29.7. The minimum absolute atomic E-state index is 0.0435. The molecular formula is C20H24N4O4. The maximum Gasteiger partial charge on any atom is 0.272 e. The number of amides is 2. The summed E-state index contributed by atoms with van der Waals surface area (Å²) in [6.45, 7) is 2.51. The van der Waals surface area contributed by atoms with Crippen LogP contribution in [0.25, 0.3) is 0 Å². The molecule has 8 nitrogen and oxygen atoms in total. The lowest BCUT2D eigenvalue weighted by atomic mass is 10.1. The largest absolute Gasteiger partial charge is 0.488 e. The molecule has 0 bridgehead atoms. The van der Waals surface area contributed by atoms with Crippen molar-refractivity contribution >= 4 is 11.8 Å². The first kappa shape index (κ1) is 18.5. The number of aromatic nitrogens is 2. The lowest BCUT2D eigenvalue weighted by molar-refractivity contribution is -0.139. The highest BCUT2D eigenvalue weighted by molar-refractivity contribution is 5.96. The molecule has 148 valence electrons. The Morgan fingerprint density at radius 3 is 2.57 bits per heavy atom. The lowest BCUT2D eigenvalue weighted by Gasteiger charge is -2.32. The fourth-order valence-electron chi connectivity index (χ4n) is 3.76. The van der Waals surface area contributed by atoms with Gasteiger partial charge in [0.15, 0.2) is 0 Å². The Balaban J connectivity index is 1.55. The second-order valence-electron chi connectivity index (χ2n) is 7.04. The summed E-state index contributed by atoms with van der Waals surface area (Å²) >= 11 is 0. The molecule has 0 spiro atoms. The van der Waals surface area contributed by atoms with Crippen LogP contribution in [0.4, 0.5) is 0 Å². The van der Waals surface area contributed by atoms with Gasteiger partial charge in [0.05, 0.1) is 19.8 Å². The first-order valence-electron chi connectivity index (χ1n) is 9.50. The van der Waals surface area contributed by atoms with E-state index in [1.165, 1.54) is 4.68 Å². The average Bonchev–Trinajstić information content (AvgIpc) is 3.35. The molecule has 2 amide bonds. The molecule has 2 atom stereocenters. The van der Waals surface area contributed by atoms with Gasteiger partial charge in [0.1, 0.15) is 23.6 Å². The second kappa shape index (κ2) is 8.02. The highest BCUT2D eigenvalue weighted by Gasteiger charge is 2.43. The van der Waals surface area contributed by atoms with E-state index >= 15 is 0 Å². The van der Waals surface area contributed by atoms with Crippen LogP contribution >= 0.6 is 0 Å². The number of nitrogens with zero attached hydrogens (tertiary/aromatic N) is 4. The number of hydrogen-bond acceptors (Lipinski definition) is 5. The molecule has 0 radical (unpaired) electrons. The van der Waals surface area contributed by atoms with E-state index < -0.39 is 6.04 Å². The van der Waals surface area contributed by atoms with Crippen molar-refractivity contribution in [2.45, 2.75) is 18.6 Å². The van der Waals surface area contributed by atoms with E-state index in [9.17, 15) is 9.59 Å². The van der Waals surface area contributed by atoms with Gasteiger partial charge in [0.25, 0.3) is 5.91 Å². The molecular weight excluding hydrogens is 360 g/mol. The summed E-state index contributed by atoms with van der Waals surface area (Å²) in [7, 11) is 1.72. The van der Waals surface area contributed by atoms with Crippen LogP contribution in [0.5, 0.6) is 5.75 Å².